The van der Waals surface area contributed by atoms with E-state index in [1.165, 1.54) is 13.0 Å². The molecule has 0 atom stereocenters. The zero-order valence-corrected chi connectivity index (χ0v) is 11.3. The van der Waals surface area contributed by atoms with Crippen LogP contribution in [-0.2, 0) is 4.79 Å². The largest absolute Gasteiger partial charge is 0.503 e. The molecule has 0 aromatic heterocycles. The molecule has 7 heteroatoms. The average molecular weight is 283 g/mol. The van der Waals surface area contributed by atoms with Crippen molar-refractivity contribution in [2.24, 2.45) is 4.99 Å². The SMILES string of the molecule is CNC(=NC(=O)/C(C)=C/c1cc(F)c(O)c(F)c1)NC. The number of guanidine groups is 1. The monoisotopic (exact) mass is 283 g/mol. The number of nitrogens with zero attached hydrogens (tertiary/aromatic N) is 1. The summed E-state index contributed by atoms with van der Waals surface area (Å²) < 4.78 is 26.3. The maximum absolute atomic E-state index is 13.2. The fraction of sp³-hybridized carbons (Fsp3) is 0.231. The number of aromatic hydroxyl groups is 1. The molecule has 0 saturated carbocycles. The number of phenolic OH excluding ortho intramolecular Hbond substituents is 1. The molecule has 0 saturated heterocycles. The van der Waals surface area contributed by atoms with Crippen LogP contribution in [-0.4, -0.2) is 31.1 Å². The lowest BCUT2D eigenvalue weighted by Crippen LogP contribution is -2.32. The summed E-state index contributed by atoms with van der Waals surface area (Å²) in [5.41, 5.74) is 0.312. The van der Waals surface area contributed by atoms with Gasteiger partial charge in [-0.05, 0) is 30.7 Å². The number of aliphatic imine (C=N–C) groups is 1. The van der Waals surface area contributed by atoms with Crippen molar-refractivity contribution in [3.8, 4) is 5.75 Å². The van der Waals surface area contributed by atoms with E-state index in [9.17, 15) is 13.6 Å². The first-order valence-corrected chi connectivity index (χ1v) is 5.73. The first-order chi connectivity index (χ1) is 9.38. The molecule has 0 aliphatic heterocycles. The maximum atomic E-state index is 13.2. The summed E-state index contributed by atoms with van der Waals surface area (Å²) in [7, 11) is 3.18. The lowest BCUT2D eigenvalue weighted by Gasteiger charge is -2.04. The van der Waals surface area contributed by atoms with Crippen LogP contribution >= 0.6 is 0 Å². The molecule has 0 radical (unpaired) electrons. The predicted molar refractivity (Wildman–Crippen MR) is 72.2 cm³/mol. The minimum atomic E-state index is -1.09. The number of carbonyl (C=O) groups is 1. The fourth-order valence-electron chi connectivity index (χ4n) is 1.41. The van der Waals surface area contributed by atoms with Crippen LogP contribution < -0.4 is 10.6 Å². The molecule has 5 nitrogen and oxygen atoms in total. The van der Waals surface area contributed by atoms with Crippen LogP contribution in [0.3, 0.4) is 0 Å². The van der Waals surface area contributed by atoms with Gasteiger partial charge in [0.1, 0.15) is 0 Å². The lowest BCUT2D eigenvalue weighted by molar-refractivity contribution is -0.114. The van der Waals surface area contributed by atoms with E-state index in [2.05, 4.69) is 15.6 Å². The van der Waals surface area contributed by atoms with Gasteiger partial charge in [0.05, 0.1) is 0 Å². The molecule has 3 N–H and O–H groups in total. The molecule has 0 heterocycles. The predicted octanol–water partition coefficient (Wildman–Crippen LogP) is 1.40. The summed E-state index contributed by atoms with van der Waals surface area (Å²) >= 11 is 0. The van der Waals surface area contributed by atoms with Gasteiger partial charge in [-0.3, -0.25) is 4.79 Å². The molecule has 0 aliphatic rings. The van der Waals surface area contributed by atoms with Crippen molar-refractivity contribution in [1.29, 1.82) is 0 Å². The third-order valence-electron chi connectivity index (χ3n) is 2.45. The standard InChI is InChI=1S/C13H15F2N3O2/c1-7(12(20)18-13(16-2)17-3)4-8-5-9(14)11(19)10(15)6-8/h4-6,19H,1-3H3,(H2,16,17,18,20)/b7-4+. The normalized spacial score (nSPS) is 10.9. The van der Waals surface area contributed by atoms with Crippen molar-refractivity contribution in [2.75, 3.05) is 14.1 Å². The van der Waals surface area contributed by atoms with Crippen molar-refractivity contribution in [3.05, 3.63) is 34.9 Å². The van der Waals surface area contributed by atoms with Crippen molar-refractivity contribution in [1.82, 2.24) is 10.6 Å². The Balaban J connectivity index is 3.05. The van der Waals surface area contributed by atoms with Gasteiger partial charge in [-0.2, -0.15) is 4.99 Å². The summed E-state index contributed by atoms with van der Waals surface area (Å²) in [6, 6.07) is 1.85. The third-order valence-corrected chi connectivity index (χ3v) is 2.45. The van der Waals surface area contributed by atoms with Gasteiger partial charge in [0.15, 0.2) is 23.3 Å². The minimum absolute atomic E-state index is 0.120. The zero-order chi connectivity index (χ0) is 15.3. The second kappa shape index (κ2) is 6.65. The Hall–Kier alpha value is -2.44. The quantitative estimate of drug-likeness (QED) is 0.436. The van der Waals surface area contributed by atoms with E-state index < -0.39 is 23.3 Å². The summed E-state index contributed by atoms with van der Waals surface area (Å²) in [6.07, 6.45) is 1.28. The van der Waals surface area contributed by atoms with E-state index >= 15 is 0 Å². The third kappa shape index (κ3) is 3.78. The zero-order valence-electron chi connectivity index (χ0n) is 11.3. The van der Waals surface area contributed by atoms with Gasteiger partial charge in [-0.1, -0.05) is 0 Å². The first kappa shape index (κ1) is 15.6. The van der Waals surface area contributed by atoms with Gasteiger partial charge < -0.3 is 15.7 Å². The van der Waals surface area contributed by atoms with Gasteiger partial charge in [-0.15, -0.1) is 0 Å². The molecular weight excluding hydrogens is 268 g/mol. The van der Waals surface area contributed by atoms with Gasteiger partial charge in [0, 0.05) is 19.7 Å². The number of rotatable bonds is 2. The molecule has 0 aliphatic carbocycles. The number of hydrogen-bond acceptors (Lipinski definition) is 2. The van der Waals surface area contributed by atoms with E-state index in [1.807, 2.05) is 0 Å². The molecule has 0 unspecified atom stereocenters. The van der Waals surface area contributed by atoms with Crippen LogP contribution in [0, 0.1) is 11.6 Å². The molecule has 1 aromatic carbocycles. The summed E-state index contributed by atoms with van der Waals surface area (Å²) in [4.78, 5) is 15.5. The Bertz CT molecular complexity index is 554. The second-order valence-electron chi connectivity index (χ2n) is 3.93. The van der Waals surface area contributed by atoms with E-state index in [4.69, 9.17) is 5.11 Å². The van der Waals surface area contributed by atoms with Gasteiger partial charge >= 0.3 is 0 Å². The minimum Gasteiger partial charge on any atom is -0.503 e. The Morgan fingerprint density at radius 1 is 1.25 bits per heavy atom. The second-order valence-corrected chi connectivity index (χ2v) is 3.93. The molecule has 0 fully saturated rings. The van der Waals surface area contributed by atoms with Crippen LogP contribution in [0.25, 0.3) is 6.08 Å². The molecule has 20 heavy (non-hydrogen) atoms. The van der Waals surface area contributed by atoms with Gasteiger partial charge in [0.2, 0.25) is 0 Å². The Kier molecular flexibility index (Phi) is 5.19. The highest BCUT2D eigenvalue weighted by Crippen LogP contribution is 2.22. The van der Waals surface area contributed by atoms with E-state index in [1.54, 1.807) is 14.1 Å². The van der Waals surface area contributed by atoms with Crippen molar-refractivity contribution < 1.29 is 18.7 Å². The molecule has 1 aromatic rings. The Morgan fingerprint density at radius 2 is 1.75 bits per heavy atom. The Labute approximate surface area is 115 Å². The maximum Gasteiger partial charge on any atom is 0.275 e. The Morgan fingerprint density at radius 3 is 2.20 bits per heavy atom. The van der Waals surface area contributed by atoms with Gasteiger partial charge in [-0.25, -0.2) is 8.78 Å². The molecule has 0 spiro atoms. The molecule has 108 valence electrons. The van der Waals surface area contributed by atoms with Crippen molar-refractivity contribution >= 4 is 17.9 Å². The van der Waals surface area contributed by atoms with Crippen molar-refractivity contribution in [3.63, 3.8) is 0 Å². The van der Waals surface area contributed by atoms with E-state index in [0.29, 0.717) is 0 Å². The average Bonchev–Trinajstić information content (AvgIpc) is 2.41. The van der Waals surface area contributed by atoms with Gasteiger partial charge in [0.25, 0.3) is 5.91 Å². The number of carbonyl (C=O) groups excluding carboxylic acids is 1. The highest BCUT2D eigenvalue weighted by atomic mass is 19.1. The van der Waals surface area contributed by atoms with Crippen LogP contribution in [0.4, 0.5) is 8.78 Å². The number of phenols is 1. The van der Waals surface area contributed by atoms with Crippen LogP contribution in [0.2, 0.25) is 0 Å². The highest BCUT2D eigenvalue weighted by Gasteiger charge is 2.10. The topological polar surface area (TPSA) is 73.7 Å². The van der Waals surface area contributed by atoms with Crippen molar-refractivity contribution in [2.45, 2.75) is 6.92 Å². The number of hydrogen-bond donors (Lipinski definition) is 3. The number of amides is 1. The number of nitrogens with one attached hydrogen (secondary N) is 2. The summed E-state index contributed by atoms with van der Waals surface area (Å²) in [6.45, 7) is 1.47. The highest BCUT2D eigenvalue weighted by molar-refractivity contribution is 6.04. The smallest absolute Gasteiger partial charge is 0.275 e. The summed E-state index contributed by atoms with van der Waals surface area (Å²) in [5, 5.41) is 14.3. The molecular formula is C13H15F2N3O2. The number of benzene rings is 1. The van der Waals surface area contributed by atoms with Crippen LogP contribution in [0.15, 0.2) is 22.7 Å². The number of halogens is 2. The van der Waals surface area contributed by atoms with E-state index in [0.717, 1.165) is 12.1 Å². The van der Waals surface area contributed by atoms with Crippen LogP contribution in [0.5, 0.6) is 5.75 Å². The molecule has 0 bridgehead atoms. The fourth-order valence-corrected chi connectivity index (χ4v) is 1.41. The summed E-state index contributed by atoms with van der Waals surface area (Å²) in [5.74, 6) is -3.52. The van der Waals surface area contributed by atoms with E-state index in [-0.39, 0.29) is 17.1 Å². The molecule has 1 amide bonds. The molecule has 1 rings (SSSR count). The van der Waals surface area contributed by atoms with Crippen LogP contribution in [0.1, 0.15) is 12.5 Å². The first-order valence-electron chi connectivity index (χ1n) is 5.73. The lowest BCUT2D eigenvalue weighted by atomic mass is 10.1.